The average Bonchev–Trinajstić information content (AvgIpc) is 3.50. The molecule has 0 unspecified atom stereocenters. The highest BCUT2D eigenvalue weighted by atomic mass is 16.3. The Kier molecular flexibility index (Phi) is 5.60. The summed E-state index contributed by atoms with van der Waals surface area (Å²) in [6.45, 7) is 2.11. The van der Waals surface area contributed by atoms with Gasteiger partial charge in [0.1, 0.15) is 17.0 Å². The molecule has 1 amide bonds. The van der Waals surface area contributed by atoms with Crippen LogP contribution in [0, 0.1) is 0 Å². The monoisotopic (exact) mass is 434 g/mol. The van der Waals surface area contributed by atoms with E-state index in [1.165, 1.54) is 11.6 Å². The van der Waals surface area contributed by atoms with E-state index in [1.807, 2.05) is 78.9 Å². The Morgan fingerprint density at radius 1 is 0.909 bits per heavy atom. The Bertz CT molecular complexity index is 1430. The zero-order chi connectivity index (χ0) is 22.6. The lowest BCUT2D eigenvalue weighted by Crippen LogP contribution is -2.07. The zero-order valence-electron chi connectivity index (χ0n) is 18.1. The molecule has 5 heteroatoms. The molecule has 0 aliphatic carbocycles. The van der Waals surface area contributed by atoms with Gasteiger partial charge >= 0.3 is 0 Å². The van der Waals surface area contributed by atoms with Crippen LogP contribution in [0.25, 0.3) is 40.0 Å². The van der Waals surface area contributed by atoms with E-state index in [4.69, 9.17) is 8.83 Å². The normalized spacial score (nSPS) is 11.3. The first-order chi connectivity index (χ1) is 16.2. The number of oxazole rings is 1. The van der Waals surface area contributed by atoms with Gasteiger partial charge in [0.05, 0.1) is 0 Å². The van der Waals surface area contributed by atoms with Gasteiger partial charge in [-0.05, 0) is 66.6 Å². The minimum absolute atomic E-state index is 0.241. The van der Waals surface area contributed by atoms with Crippen molar-refractivity contribution in [3.63, 3.8) is 0 Å². The van der Waals surface area contributed by atoms with Crippen molar-refractivity contribution in [2.45, 2.75) is 13.3 Å². The number of rotatable bonds is 6. The number of anilines is 1. The van der Waals surface area contributed by atoms with Crippen LogP contribution < -0.4 is 5.32 Å². The topological polar surface area (TPSA) is 68.3 Å². The molecule has 0 aliphatic heterocycles. The van der Waals surface area contributed by atoms with Gasteiger partial charge in [0.2, 0.25) is 11.8 Å². The zero-order valence-corrected chi connectivity index (χ0v) is 18.1. The first-order valence-electron chi connectivity index (χ1n) is 10.8. The predicted molar refractivity (Wildman–Crippen MR) is 131 cm³/mol. The largest absolute Gasteiger partial charge is 0.457 e. The van der Waals surface area contributed by atoms with Crippen LogP contribution in [0.5, 0.6) is 0 Å². The van der Waals surface area contributed by atoms with Crippen molar-refractivity contribution in [2.75, 3.05) is 5.32 Å². The molecule has 33 heavy (non-hydrogen) atoms. The highest BCUT2D eigenvalue weighted by molar-refractivity contribution is 6.01. The van der Waals surface area contributed by atoms with Crippen molar-refractivity contribution in [3.8, 4) is 22.8 Å². The Labute approximate surface area is 191 Å². The molecule has 5 rings (SSSR count). The van der Waals surface area contributed by atoms with Crippen LogP contribution in [0.2, 0.25) is 0 Å². The molecule has 5 nitrogen and oxygen atoms in total. The third-order valence-electron chi connectivity index (χ3n) is 5.34. The van der Waals surface area contributed by atoms with Gasteiger partial charge in [-0.2, -0.15) is 0 Å². The van der Waals surface area contributed by atoms with Crippen molar-refractivity contribution in [1.29, 1.82) is 0 Å². The van der Waals surface area contributed by atoms with E-state index >= 15 is 0 Å². The van der Waals surface area contributed by atoms with Gasteiger partial charge in [0.15, 0.2) is 5.58 Å². The molecule has 0 radical (unpaired) electrons. The molecule has 0 bridgehead atoms. The third kappa shape index (κ3) is 4.62. The van der Waals surface area contributed by atoms with Gasteiger partial charge in [0.25, 0.3) is 0 Å². The maximum absolute atomic E-state index is 12.3. The summed E-state index contributed by atoms with van der Waals surface area (Å²) < 4.78 is 11.7. The number of nitrogens with one attached hydrogen (secondary N) is 1. The molecule has 2 heterocycles. The number of carbonyl (C=O) groups is 1. The van der Waals surface area contributed by atoms with Crippen LogP contribution in [0.3, 0.4) is 0 Å². The number of aryl methyl sites for hydroxylation is 1. The van der Waals surface area contributed by atoms with Crippen LogP contribution in [-0.2, 0) is 11.2 Å². The molecule has 162 valence electrons. The molecule has 0 saturated carbocycles. The van der Waals surface area contributed by atoms with Gasteiger partial charge in [-0.25, -0.2) is 4.98 Å². The van der Waals surface area contributed by atoms with E-state index in [0.717, 1.165) is 34.4 Å². The summed E-state index contributed by atoms with van der Waals surface area (Å²) in [6.07, 6.45) is 4.06. The van der Waals surface area contributed by atoms with Crippen LogP contribution in [0.15, 0.2) is 99.8 Å². The smallest absolute Gasteiger partial charge is 0.248 e. The van der Waals surface area contributed by atoms with Crippen molar-refractivity contribution in [3.05, 3.63) is 102 Å². The number of benzene rings is 3. The fourth-order valence-electron chi connectivity index (χ4n) is 3.55. The molecule has 0 saturated heterocycles. The molecule has 3 aromatic carbocycles. The number of hydrogen-bond donors (Lipinski definition) is 1. The number of hydrogen-bond acceptors (Lipinski definition) is 4. The third-order valence-corrected chi connectivity index (χ3v) is 5.34. The molecular weight excluding hydrogens is 412 g/mol. The summed E-state index contributed by atoms with van der Waals surface area (Å²) in [5.41, 5.74) is 5.35. The second kappa shape index (κ2) is 9.01. The second-order valence-electron chi connectivity index (χ2n) is 7.64. The summed E-state index contributed by atoms with van der Waals surface area (Å²) in [7, 11) is 0. The van der Waals surface area contributed by atoms with Gasteiger partial charge in [-0.15, -0.1) is 0 Å². The van der Waals surface area contributed by atoms with E-state index in [1.54, 1.807) is 6.08 Å². The van der Waals surface area contributed by atoms with Crippen molar-refractivity contribution < 1.29 is 13.6 Å². The Morgan fingerprint density at radius 3 is 2.52 bits per heavy atom. The summed E-state index contributed by atoms with van der Waals surface area (Å²) in [5, 5.41) is 2.85. The Hall–Kier alpha value is -4.38. The summed E-state index contributed by atoms with van der Waals surface area (Å²) in [5.74, 6) is 1.69. The summed E-state index contributed by atoms with van der Waals surface area (Å²) in [4.78, 5) is 16.9. The van der Waals surface area contributed by atoms with Crippen LogP contribution >= 0.6 is 0 Å². The van der Waals surface area contributed by atoms with Gasteiger partial charge in [-0.1, -0.05) is 43.3 Å². The number of fused-ring (bicyclic) bond motifs is 1. The maximum Gasteiger partial charge on any atom is 0.248 e. The lowest BCUT2D eigenvalue weighted by Gasteiger charge is -2.02. The number of aromatic nitrogens is 1. The fraction of sp³-hybridized carbons (Fsp3) is 0.0714. The SMILES string of the molecule is CCc1ccc2oc(-c3ccc(NC(=O)/C=C/c4ccc(-c5ccccc5)o4)cc3)nc2c1. The molecule has 5 aromatic rings. The van der Waals surface area contributed by atoms with E-state index < -0.39 is 0 Å². The first kappa shape index (κ1) is 20.5. The minimum Gasteiger partial charge on any atom is -0.457 e. The highest BCUT2D eigenvalue weighted by Crippen LogP contribution is 2.26. The van der Waals surface area contributed by atoms with E-state index in [9.17, 15) is 4.79 Å². The molecule has 0 fully saturated rings. The van der Waals surface area contributed by atoms with Gasteiger partial charge < -0.3 is 14.2 Å². The molecule has 0 aliphatic rings. The molecule has 0 atom stereocenters. The molecule has 1 N–H and O–H groups in total. The quantitative estimate of drug-likeness (QED) is 0.293. The van der Waals surface area contributed by atoms with Gasteiger partial charge in [0, 0.05) is 22.9 Å². The average molecular weight is 434 g/mol. The van der Waals surface area contributed by atoms with Crippen molar-refractivity contribution >= 4 is 28.8 Å². The number of amides is 1. The summed E-state index contributed by atoms with van der Waals surface area (Å²) >= 11 is 0. The minimum atomic E-state index is -0.241. The van der Waals surface area contributed by atoms with Gasteiger partial charge in [-0.3, -0.25) is 4.79 Å². The maximum atomic E-state index is 12.3. The van der Waals surface area contributed by atoms with Crippen LogP contribution in [0.4, 0.5) is 5.69 Å². The van der Waals surface area contributed by atoms with Crippen molar-refractivity contribution in [2.24, 2.45) is 0 Å². The summed E-state index contributed by atoms with van der Waals surface area (Å²) in [6, 6.07) is 27.0. The van der Waals surface area contributed by atoms with E-state index in [-0.39, 0.29) is 5.91 Å². The first-order valence-corrected chi connectivity index (χ1v) is 10.8. The molecular formula is C28H22N2O3. The second-order valence-corrected chi connectivity index (χ2v) is 7.64. The standard InChI is InChI=1S/C28H22N2O3/c1-2-19-8-15-26-24(18-19)30-28(33-26)21-9-11-22(12-10-21)29-27(31)17-14-23-13-16-25(32-23)20-6-4-3-5-7-20/h3-18H,2H2,1H3,(H,29,31)/b17-14+. The number of nitrogens with zero attached hydrogens (tertiary/aromatic N) is 1. The van der Waals surface area contributed by atoms with Crippen LogP contribution in [-0.4, -0.2) is 10.9 Å². The van der Waals surface area contributed by atoms with Crippen LogP contribution in [0.1, 0.15) is 18.2 Å². The molecule has 0 spiro atoms. The number of furan rings is 1. The van der Waals surface area contributed by atoms with E-state index in [0.29, 0.717) is 17.3 Å². The number of carbonyl (C=O) groups excluding carboxylic acids is 1. The predicted octanol–water partition coefficient (Wildman–Crippen LogP) is 6.97. The lowest BCUT2D eigenvalue weighted by atomic mass is 10.1. The molecule has 2 aromatic heterocycles. The fourth-order valence-corrected chi connectivity index (χ4v) is 3.55. The van der Waals surface area contributed by atoms with Crippen molar-refractivity contribution in [1.82, 2.24) is 4.98 Å². The lowest BCUT2D eigenvalue weighted by molar-refractivity contribution is -0.111. The van der Waals surface area contributed by atoms with E-state index in [2.05, 4.69) is 23.3 Å². The Morgan fingerprint density at radius 2 is 1.73 bits per heavy atom. The Balaban J connectivity index is 1.24. The highest BCUT2D eigenvalue weighted by Gasteiger charge is 2.09.